The molecule has 0 spiro atoms. The third-order valence-corrected chi connectivity index (χ3v) is 11.2. The summed E-state index contributed by atoms with van der Waals surface area (Å²) in [4.78, 5) is 4.35. The van der Waals surface area contributed by atoms with Gasteiger partial charge in [0, 0.05) is 12.4 Å². The number of benzene rings is 1. The van der Waals surface area contributed by atoms with E-state index in [1.807, 2.05) is 24.5 Å². The van der Waals surface area contributed by atoms with Crippen molar-refractivity contribution in [3.05, 3.63) is 184 Å². The van der Waals surface area contributed by atoms with Gasteiger partial charge in [0.25, 0.3) is 0 Å². The molecule has 4 aliphatic rings. The molecular formula is C48H53N. The van der Waals surface area contributed by atoms with Crippen molar-refractivity contribution in [3.63, 3.8) is 0 Å². The van der Waals surface area contributed by atoms with Crippen molar-refractivity contribution in [2.75, 3.05) is 0 Å². The van der Waals surface area contributed by atoms with E-state index in [2.05, 4.69) is 143 Å². The summed E-state index contributed by atoms with van der Waals surface area (Å²) in [5, 5.41) is 0. The molecule has 1 aromatic heterocycles. The average molecular weight is 644 g/mol. The fourth-order valence-corrected chi connectivity index (χ4v) is 8.47. The Balaban J connectivity index is 1.41. The molecule has 0 saturated carbocycles. The molecule has 49 heavy (non-hydrogen) atoms. The molecular weight excluding hydrogens is 591 g/mol. The summed E-state index contributed by atoms with van der Waals surface area (Å²) in [6, 6.07) is 13.5. The second kappa shape index (κ2) is 15.8. The van der Waals surface area contributed by atoms with Gasteiger partial charge in [-0.05, 0) is 145 Å². The van der Waals surface area contributed by atoms with Crippen LogP contribution >= 0.6 is 0 Å². The van der Waals surface area contributed by atoms with Gasteiger partial charge in [-0.2, -0.15) is 0 Å². The number of allylic oxidation sites excluding steroid dienone is 21. The lowest BCUT2D eigenvalue weighted by Gasteiger charge is -2.46. The minimum Gasteiger partial charge on any atom is -0.264 e. The zero-order valence-electron chi connectivity index (χ0n) is 30.3. The van der Waals surface area contributed by atoms with Crippen molar-refractivity contribution >= 4 is 11.1 Å². The third-order valence-electron chi connectivity index (χ3n) is 11.2. The third kappa shape index (κ3) is 7.28. The minimum atomic E-state index is 0.441. The van der Waals surface area contributed by atoms with Crippen LogP contribution in [0.2, 0.25) is 0 Å². The van der Waals surface area contributed by atoms with Gasteiger partial charge in [0.1, 0.15) is 0 Å². The Hall–Kier alpha value is -4.49. The largest absolute Gasteiger partial charge is 0.264 e. The number of pyridine rings is 1. The number of hydrogen-bond acceptors (Lipinski definition) is 1. The molecule has 0 radical (unpaired) electrons. The Morgan fingerprint density at radius 2 is 1.82 bits per heavy atom. The number of aryl methyl sites for hydroxylation is 1. The maximum absolute atomic E-state index is 4.35. The number of fused-ring (bicyclic) bond motifs is 2. The number of hydrogen-bond donors (Lipinski definition) is 0. The van der Waals surface area contributed by atoms with Crippen LogP contribution in [-0.2, 0) is 6.42 Å². The summed E-state index contributed by atoms with van der Waals surface area (Å²) in [7, 11) is 0. The molecule has 1 heterocycles. The van der Waals surface area contributed by atoms with Crippen LogP contribution in [0, 0.1) is 23.7 Å². The van der Waals surface area contributed by atoms with Crippen LogP contribution in [0.25, 0.3) is 11.1 Å². The van der Waals surface area contributed by atoms with Crippen molar-refractivity contribution in [2.45, 2.75) is 73.1 Å². The lowest BCUT2D eigenvalue weighted by atomic mass is 9.58. The van der Waals surface area contributed by atoms with E-state index in [0.717, 1.165) is 31.2 Å². The van der Waals surface area contributed by atoms with Gasteiger partial charge in [0.05, 0.1) is 0 Å². The Morgan fingerprint density at radius 3 is 2.55 bits per heavy atom. The summed E-state index contributed by atoms with van der Waals surface area (Å²) in [5.41, 5.74) is 16.6. The molecule has 1 heteroatoms. The minimum absolute atomic E-state index is 0.441. The number of nitrogens with zero attached hydrogens (tertiary/aromatic N) is 1. The van der Waals surface area contributed by atoms with Crippen LogP contribution in [-0.4, -0.2) is 4.98 Å². The number of aromatic nitrogens is 1. The van der Waals surface area contributed by atoms with Gasteiger partial charge in [-0.1, -0.05) is 135 Å². The molecule has 0 saturated heterocycles. The van der Waals surface area contributed by atoms with E-state index in [1.54, 1.807) is 0 Å². The van der Waals surface area contributed by atoms with E-state index in [-0.39, 0.29) is 0 Å². The second-order valence-electron chi connectivity index (χ2n) is 14.1. The predicted octanol–water partition coefficient (Wildman–Crippen LogP) is 12.9. The maximum atomic E-state index is 4.35. The standard InChI is InChI=1S/C48H53N/c1-7-10-17-40-35(6)47(45-18-11-12-19-46(45)48(40)37-28-25-36(9-3)26-29-37)44-23-14-21-42-41(20-13-22-43(42)44)38(31-33(4)8-2)27-24-34(5)39-16-15-30-49-32-39/h7,10,12,14-17,19-21,23-32,43-45,47H,1,8-9,11,13,18,22H2,2-6H3/b17-10-,33-31-,34-24+,38-27+. The highest BCUT2D eigenvalue weighted by Crippen LogP contribution is 2.55. The lowest BCUT2D eigenvalue weighted by molar-refractivity contribution is 0.254. The van der Waals surface area contributed by atoms with Gasteiger partial charge in [0.2, 0.25) is 0 Å². The molecule has 0 amide bonds. The fraction of sp³-hybridized carbons (Fsp3) is 0.312. The molecule has 2 aromatic rings. The molecule has 6 rings (SSSR count). The van der Waals surface area contributed by atoms with Crippen molar-refractivity contribution in [2.24, 2.45) is 23.7 Å². The molecule has 0 N–H and O–H groups in total. The summed E-state index contributed by atoms with van der Waals surface area (Å²) in [6.45, 7) is 15.4. The van der Waals surface area contributed by atoms with Crippen molar-refractivity contribution in [1.29, 1.82) is 0 Å². The van der Waals surface area contributed by atoms with Crippen molar-refractivity contribution in [1.82, 2.24) is 4.98 Å². The quantitative estimate of drug-likeness (QED) is 0.235. The fourth-order valence-electron chi connectivity index (χ4n) is 8.47. The van der Waals surface area contributed by atoms with Crippen molar-refractivity contribution < 1.29 is 0 Å². The van der Waals surface area contributed by atoms with E-state index in [1.165, 1.54) is 74.1 Å². The van der Waals surface area contributed by atoms with E-state index >= 15 is 0 Å². The Kier molecular flexibility index (Phi) is 11.1. The van der Waals surface area contributed by atoms with E-state index in [0.29, 0.717) is 23.7 Å². The predicted molar refractivity (Wildman–Crippen MR) is 212 cm³/mol. The first-order chi connectivity index (χ1) is 23.9. The van der Waals surface area contributed by atoms with Gasteiger partial charge >= 0.3 is 0 Å². The van der Waals surface area contributed by atoms with Crippen LogP contribution in [0.3, 0.4) is 0 Å². The molecule has 4 unspecified atom stereocenters. The highest BCUT2D eigenvalue weighted by molar-refractivity contribution is 5.88. The SMILES string of the molecule is C=C/C=C\C1=C(C)C(C2C=CC=C3C(C(/C=C(/C)CC)=C/C=C(\C)c4cccnc4)=CCCC32)C2CCC=CC2=C1c1ccc(CC)cc1. The first kappa shape index (κ1) is 34.4. The number of rotatable bonds is 10. The van der Waals surface area contributed by atoms with Crippen LogP contribution in [0.1, 0.15) is 83.4 Å². The van der Waals surface area contributed by atoms with E-state index in [4.69, 9.17) is 0 Å². The van der Waals surface area contributed by atoms with Gasteiger partial charge in [-0.15, -0.1) is 0 Å². The molecule has 0 fully saturated rings. The summed E-state index contributed by atoms with van der Waals surface area (Å²) < 4.78 is 0. The summed E-state index contributed by atoms with van der Waals surface area (Å²) in [6.07, 6.45) is 38.7. The molecule has 0 bridgehead atoms. The smallest absolute Gasteiger partial charge is 0.0342 e. The van der Waals surface area contributed by atoms with Crippen LogP contribution in [0.15, 0.2) is 167 Å². The first-order valence-corrected chi connectivity index (χ1v) is 18.5. The second-order valence-corrected chi connectivity index (χ2v) is 14.1. The highest BCUT2D eigenvalue weighted by Gasteiger charge is 2.43. The lowest BCUT2D eigenvalue weighted by Crippen LogP contribution is -2.36. The Labute approximate surface area is 296 Å². The highest BCUT2D eigenvalue weighted by atomic mass is 14.6. The molecule has 0 aliphatic heterocycles. The molecule has 1 aromatic carbocycles. The Morgan fingerprint density at radius 1 is 1.00 bits per heavy atom. The van der Waals surface area contributed by atoms with E-state index < -0.39 is 0 Å². The average Bonchev–Trinajstić information content (AvgIpc) is 3.15. The monoisotopic (exact) mass is 643 g/mol. The van der Waals surface area contributed by atoms with Gasteiger partial charge in [-0.25, -0.2) is 0 Å². The normalized spacial score (nSPS) is 24.6. The molecule has 4 aliphatic carbocycles. The Bertz CT molecular complexity index is 1860. The molecule has 4 atom stereocenters. The maximum Gasteiger partial charge on any atom is 0.0342 e. The van der Waals surface area contributed by atoms with Gasteiger partial charge < -0.3 is 0 Å². The van der Waals surface area contributed by atoms with Crippen molar-refractivity contribution in [3.8, 4) is 0 Å². The van der Waals surface area contributed by atoms with Crippen LogP contribution < -0.4 is 0 Å². The zero-order chi connectivity index (χ0) is 34.3. The topological polar surface area (TPSA) is 12.9 Å². The molecule has 1 nitrogen and oxygen atoms in total. The van der Waals surface area contributed by atoms with Gasteiger partial charge in [0.15, 0.2) is 0 Å². The summed E-state index contributed by atoms with van der Waals surface area (Å²) >= 11 is 0. The van der Waals surface area contributed by atoms with Gasteiger partial charge in [-0.3, -0.25) is 4.98 Å². The van der Waals surface area contributed by atoms with Crippen LogP contribution in [0.4, 0.5) is 0 Å². The first-order valence-electron chi connectivity index (χ1n) is 18.5. The van der Waals surface area contributed by atoms with E-state index in [9.17, 15) is 0 Å². The van der Waals surface area contributed by atoms with Crippen LogP contribution in [0.5, 0.6) is 0 Å². The molecule has 250 valence electrons. The zero-order valence-corrected chi connectivity index (χ0v) is 30.3. The summed E-state index contributed by atoms with van der Waals surface area (Å²) in [5.74, 6) is 1.86.